The van der Waals surface area contributed by atoms with Gasteiger partial charge in [0.15, 0.2) is 0 Å². The fraction of sp³-hybridized carbons (Fsp3) is 0. The van der Waals surface area contributed by atoms with Crippen molar-refractivity contribution in [3.63, 3.8) is 0 Å². The van der Waals surface area contributed by atoms with Crippen LogP contribution in [0.1, 0.15) is 0 Å². The average Bonchev–Trinajstić information content (AvgIpc) is 4.09. The van der Waals surface area contributed by atoms with Crippen molar-refractivity contribution in [3.8, 4) is 33.9 Å². The van der Waals surface area contributed by atoms with Crippen LogP contribution in [0.2, 0.25) is 0 Å². The molecule has 298 valence electrons. The molecule has 0 aliphatic heterocycles. The van der Waals surface area contributed by atoms with Gasteiger partial charge in [0, 0.05) is 65.8 Å². The highest BCUT2D eigenvalue weighted by Gasteiger charge is 2.25. The molecule has 14 rings (SSSR count). The number of benzene rings is 10. The van der Waals surface area contributed by atoms with Gasteiger partial charge < -0.3 is 18.3 Å². The first-order chi connectivity index (χ1) is 31.8. The molecule has 0 radical (unpaired) electrons. The molecule has 14 aromatic rings. The van der Waals surface area contributed by atoms with Gasteiger partial charge in [-0.25, -0.2) is 0 Å². The van der Waals surface area contributed by atoms with Crippen LogP contribution in [0, 0.1) is 0 Å². The highest BCUT2D eigenvalue weighted by atomic mass is 15.0. The van der Waals surface area contributed by atoms with Gasteiger partial charge in [0.25, 0.3) is 0 Å². The molecule has 0 saturated carbocycles. The lowest BCUT2D eigenvalue weighted by Gasteiger charge is -2.12. The van der Waals surface area contributed by atoms with Gasteiger partial charge in [0.1, 0.15) is 0 Å². The van der Waals surface area contributed by atoms with Crippen LogP contribution in [-0.4, -0.2) is 18.3 Å². The summed E-state index contributed by atoms with van der Waals surface area (Å²) in [7, 11) is 0. The van der Waals surface area contributed by atoms with Crippen LogP contribution in [0.5, 0.6) is 0 Å². The van der Waals surface area contributed by atoms with E-state index in [4.69, 9.17) is 0 Å². The topological polar surface area (TPSA) is 19.7 Å². The minimum Gasteiger partial charge on any atom is -0.309 e. The molecule has 0 atom stereocenters. The predicted molar refractivity (Wildman–Crippen MR) is 269 cm³/mol. The number of para-hydroxylation sites is 5. The van der Waals surface area contributed by atoms with E-state index in [1.54, 1.807) is 0 Å². The lowest BCUT2D eigenvalue weighted by molar-refractivity contribution is 1.16. The van der Waals surface area contributed by atoms with Crippen molar-refractivity contribution >= 4 is 87.2 Å². The maximum Gasteiger partial charge on any atom is 0.0641 e. The van der Waals surface area contributed by atoms with Crippen molar-refractivity contribution in [3.05, 3.63) is 231 Å². The van der Waals surface area contributed by atoms with Crippen molar-refractivity contribution < 1.29 is 0 Å². The molecule has 0 saturated heterocycles. The van der Waals surface area contributed by atoms with Crippen LogP contribution in [0.25, 0.3) is 121 Å². The van der Waals surface area contributed by atoms with Gasteiger partial charge in [-0.15, -0.1) is 0 Å². The minimum atomic E-state index is 1.13. The quantitative estimate of drug-likeness (QED) is 0.165. The summed E-state index contributed by atoms with van der Waals surface area (Å²) in [4.78, 5) is 0. The van der Waals surface area contributed by atoms with Crippen LogP contribution < -0.4 is 0 Å². The number of hydrogen-bond donors (Lipinski definition) is 0. The van der Waals surface area contributed by atoms with Gasteiger partial charge in [-0.05, 0) is 96.1 Å². The van der Waals surface area contributed by atoms with Gasteiger partial charge in [0.05, 0.1) is 44.1 Å². The largest absolute Gasteiger partial charge is 0.309 e. The Morgan fingerprint density at radius 2 is 0.578 bits per heavy atom. The van der Waals surface area contributed by atoms with Gasteiger partial charge in [-0.1, -0.05) is 146 Å². The second-order valence-electron chi connectivity index (χ2n) is 16.9. The summed E-state index contributed by atoms with van der Waals surface area (Å²) in [5.41, 5.74) is 16.5. The van der Waals surface area contributed by atoms with E-state index in [-0.39, 0.29) is 0 Å². The molecule has 4 nitrogen and oxygen atoms in total. The van der Waals surface area contributed by atoms with E-state index >= 15 is 0 Å². The van der Waals surface area contributed by atoms with Gasteiger partial charge in [-0.3, -0.25) is 0 Å². The van der Waals surface area contributed by atoms with Crippen LogP contribution in [0.15, 0.2) is 231 Å². The molecular formula is C60H38N4. The van der Waals surface area contributed by atoms with E-state index < -0.39 is 0 Å². The molecule has 0 aliphatic carbocycles. The molecule has 0 amide bonds. The van der Waals surface area contributed by atoms with Gasteiger partial charge >= 0.3 is 0 Å². The third-order valence-electron chi connectivity index (χ3n) is 13.5. The molecule has 4 heterocycles. The van der Waals surface area contributed by atoms with Crippen molar-refractivity contribution in [1.29, 1.82) is 0 Å². The Balaban J connectivity index is 1.11. The SMILES string of the molecule is c1ccc(-c2ccc(-n3c4c(ccc5c4c4ccccc4n5-c4ccccc4)c4ccc5c(c6ccccc6n5-c5ccc6c(c5)c5ccccc5n6-c5ccccc5)c43)cc2)cc1. The first kappa shape index (κ1) is 35.0. The Morgan fingerprint density at radius 1 is 0.203 bits per heavy atom. The first-order valence-corrected chi connectivity index (χ1v) is 22.0. The van der Waals surface area contributed by atoms with Crippen molar-refractivity contribution in [2.24, 2.45) is 0 Å². The summed E-state index contributed by atoms with van der Waals surface area (Å²) in [5.74, 6) is 0. The Morgan fingerprint density at radius 3 is 1.14 bits per heavy atom. The number of rotatable bonds is 5. The summed E-state index contributed by atoms with van der Waals surface area (Å²) < 4.78 is 9.87. The molecule has 0 bridgehead atoms. The van der Waals surface area contributed by atoms with Gasteiger partial charge in [0.2, 0.25) is 0 Å². The second-order valence-corrected chi connectivity index (χ2v) is 16.9. The Kier molecular flexibility index (Phi) is 7.36. The first-order valence-electron chi connectivity index (χ1n) is 22.0. The number of nitrogens with zero attached hydrogens (tertiary/aromatic N) is 4. The van der Waals surface area contributed by atoms with Crippen molar-refractivity contribution in [2.75, 3.05) is 0 Å². The number of aromatic nitrogens is 4. The number of fused-ring (bicyclic) bond motifs is 14. The summed E-state index contributed by atoms with van der Waals surface area (Å²) in [5, 5.41) is 9.89. The van der Waals surface area contributed by atoms with Crippen molar-refractivity contribution in [1.82, 2.24) is 18.3 Å². The maximum atomic E-state index is 2.57. The summed E-state index contributed by atoms with van der Waals surface area (Å²) in [6.45, 7) is 0. The van der Waals surface area contributed by atoms with E-state index in [1.165, 1.54) is 98.4 Å². The van der Waals surface area contributed by atoms with Crippen LogP contribution >= 0.6 is 0 Å². The smallest absolute Gasteiger partial charge is 0.0641 e. The number of hydrogen-bond acceptors (Lipinski definition) is 0. The lowest BCUT2D eigenvalue weighted by Crippen LogP contribution is -1.97. The zero-order valence-electron chi connectivity index (χ0n) is 34.7. The standard InChI is InChI=1S/C60H38N4/c1-4-16-39(17-5-1)40-28-30-43(31-29-40)64-59-46(33-36-55-57(59)48-23-11-14-26-52(48)62(55)42-20-8-3-9-21-42)47-34-37-56-58(60(47)64)49-24-12-15-27-53(49)63(56)44-32-35-54-50(38-44)45-22-10-13-25-51(45)61(54)41-18-6-2-7-19-41/h1-38H. The fourth-order valence-electron chi connectivity index (χ4n) is 10.9. The molecule has 0 N–H and O–H groups in total. The van der Waals surface area contributed by atoms with Crippen LogP contribution in [0.4, 0.5) is 0 Å². The third-order valence-corrected chi connectivity index (χ3v) is 13.5. The molecule has 64 heavy (non-hydrogen) atoms. The molecule has 4 heteroatoms. The molecule has 0 spiro atoms. The summed E-state index contributed by atoms with van der Waals surface area (Å²) in [6, 6.07) is 84.4. The van der Waals surface area contributed by atoms with Gasteiger partial charge in [-0.2, -0.15) is 0 Å². The van der Waals surface area contributed by atoms with E-state index in [0.29, 0.717) is 0 Å². The molecular weight excluding hydrogens is 777 g/mol. The maximum absolute atomic E-state index is 2.57. The minimum absolute atomic E-state index is 1.13. The van der Waals surface area contributed by atoms with E-state index in [9.17, 15) is 0 Å². The zero-order valence-corrected chi connectivity index (χ0v) is 34.7. The molecule has 0 unspecified atom stereocenters. The highest BCUT2D eigenvalue weighted by molar-refractivity contribution is 6.31. The zero-order chi connectivity index (χ0) is 41.9. The molecule has 10 aromatic carbocycles. The third kappa shape index (κ3) is 4.88. The van der Waals surface area contributed by atoms with Crippen molar-refractivity contribution in [2.45, 2.75) is 0 Å². The predicted octanol–water partition coefficient (Wildman–Crippen LogP) is 15.7. The molecule has 0 fully saturated rings. The Bertz CT molecular complexity index is 4150. The fourth-order valence-corrected chi connectivity index (χ4v) is 10.9. The Labute approximate surface area is 368 Å². The molecule has 4 aromatic heterocycles. The van der Waals surface area contributed by atoms with E-state index in [2.05, 4.69) is 249 Å². The highest BCUT2D eigenvalue weighted by Crippen LogP contribution is 2.46. The van der Waals surface area contributed by atoms with Crippen LogP contribution in [0.3, 0.4) is 0 Å². The second kappa shape index (κ2) is 13.4. The van der Waals surface area contributed by atoms with E-state index in [0.717, 1.165) is 22.7 Å². The lowest BCUT2D eigenvalue weighted by atomic mass is 10.1. The monoisotopic (exact) mass is 814 g/mol. The Hall–Kier alpha value is -8.60. The summed E-state index contributed by atoms with van der Waals surface area (Å²) >= 11 is 0. The van der Waals surface area contributed by atoms with E-state index in [1.807, 2.05) is 0 Å². The normalized spacial score (nSPS) is 12.1. The summed E-state index contributed by atoms with van der Waals surface area (Å²) in [6.07, 6.45) is 0. The van der Waals surface area contributed by atoms with Crippen LogP contribution in [-0.2, 0) is 0 Å². The molecule has 0 aliphatic rings. The average molecular weight is 815 g/mol.